The zero-order valence-corrected chi connectivity index (χ0v) is 9.62. The van der Waals surface area contributed by atoms with Crippen LogP contribution in [0.3, 0.4) is 0 Å². The van der Waals surface area contributed by atoms with Crippen LogP contribution >= 0.6 is 0 Å². The van der Waals surface area contributed by atoms with E-state index < -0.39 is 0 Å². The summed E-state index contributed by atoms with van der Waals surface area (Å²) in [4.78, 5) is 24.9. The number of nitrogens with zero attached hydrogens (tertiary/aromatic N) is 1. The quantitative estimate of drug-likeness (QED) is 0.668. The summed E-state index contributed by atoms with van der Waals surface area (Å²) < 4.78 is 4.58. The van der Waals surface area contributed by atoms with E-state index in [2.05, 4.69) is 10.1 Å². The van der Waals surface area contributed by atoms with Gasteiger partial charge in [-0.25, -0.2) is 0 Å². The van der Waals surface area contributed by atoms with E-state index in [1.54, 1.807) is 4.90 Å². The van der Waals surface area contributed by atoms with Crippen LogP contribution in [-0.4, -0.2) is 49.1 Å². The second kappa shape index (κ2) is 4.41. The molecule has 2 rings (SSSR count). The van der Waals surface area contributed by atoms with Gasteiger partial charge in [-0.05, 0) is 32.2 Å². The first-order chi connectivity index (χ1) is 7.68. The van der Waals surface area contributed by atoms with Gasteiger partial charge in [0.2, 0.25) is 5.91 Å². The van der Waals surface area contributed by atoms with Gasteiger partial charge in [0, 0.05) is 6.54 Å². The number of piperidine rings is 1. The van der Waals surface area contributed by atoms with Gasteiger partial charge in [0.1, 0.15) is 6.54 Å². The summed E-state index contributed by atoms with van der Waals surface area (Å²) in [6, 6.07) is 0. The van der Waals surface area contributed by atoms with Crippen molar-refractivity contribution in [3.05, 3.63) is 0 Å². The fourth-order valence-electron chi connectivity index (χ4n) is 2.57. The maximum absolute atomic E-state index is 12.2. The first kappa shape index (κ1) is 11.4. The number of methoxy groups -OCH3 is 1. The van der Waals surface area contributed by atoms with Crippen LogP contribution in [0.4, 0.5) is 0 Å². The molecule has 1 N–H and O–H groups in total. The summed E-state index contributed by atoms with van der Waals surface area (Å²) in [7, 11) is 1.34. The van der Waals surface area contributed by atoms with Gasteiger partial charge < -0.3 is 15.0 Å². The molecule has 5 heteroatoms. The number of esters is 1. The first-order valence-electron chi connectivity index (χ1n) is 5.79. The molecular weight excluding hydrogens is 208 g/mol. The molecule has 0 unspecified atom stereocenters. The van der Waals surface area contributed by atoms with Crippen molar-refractivity contribution >= 4 is 11.9 Å². The van der Waals surface area contributed by atoms with E-state index in [-0.39, 0.29) is 24.0 Å². The van der Waals surface area contributed by atoms with E-state index >= 15 is 0 Å². The largest absolute Gasteiger partial charge is 0.468 e. The zero-order chi connectivity index (χ0) is 11.6. The Balaban J connectivity index is 2.00. The van der Waals surface area contributed by atoms with Crippen LogP contribution in [0.1, 0.15) is 25.7 Å². The molecule has 0 aromatic rings. The second-order valence-corrected chi connectivity index (χ2v) is 4.52. The molecule has 2 fully saturated rings. The Labute approximate surface area is 95.1 Å². The number of ether oxygens (including phenoxy) is 1. The van der Waals surface area contributed by atoms with Crippen LogP contribution in [0, 0.1) is 0 Å². The SMILES string of the molecule is COC(=O)CN1CC[C@]2(CCCCN2)C1=O. The molecule has 0 saturated carbocycles. The van der Waals surface area contributed by atoms with E-state index in [0.29, 0.717) is 6.54 Å². The fourth-order valence-corrected chi connectivity index (χ4v) is 2.57. The molecule has 0 radical (unpaired) electrons. The van der Waals surface area contributed by atoms with Gasteiger partial charge in [0.05, 0.1) is 12.6 Å². The molecule has 0 aromatic heterocycles. The number of hydrogen-bond donors (Lipinski definition) is 1. The van der Waals surface area contributed by atoms with Gasteiger partial charge in [0.25, 0.3) is 0 Å². The van der Waals surface area contributed by atoms with Crippen LogP contribution < -0.4 is 5.32 Å². The van der Waals surface area contributed by atoms with Crippen molar-refractivity contribution in [1.29, 1.82) is 0 Å². The van der Waals surface area contributed by atoms with Gasteiger partial charge in [-0.15, -0.1) is 0 Å². The van der Waals surface area contributed by atoms with Crippen molar-refractivity contribution < 1.29 is 14.3 Å². The monoisotopic (exact) mass is 226 g/mol. The van der Waals surface area contributed by atoms with Crippen LogP contribution in [0.5, 0.6) is 0 Å². The molecule has 0 aliphatic carbocycles. The van der Waals surface area contributed by atoms with Crippen molar-refractivity contribution in [3.8, 4) is 0 Å². The van der Waals surface area contributed by atoms with Crippen molar-refractivity contribution in [2.24, 2.45) is 0 Å². The number of rotatable bonds is 2. The standard InChI is InChI=1S/C11H18N2O3/c1-16-9(14)8-13-7-5-11(10(13)15)4-2-3-6-12-11/h12H,2-8H2,1H3/t11-/m1/s1. The molecule has 1 spiro atoms. The topological polar surface area (TPSA) is 58.6 Å². The predicted octanol–water partition coefficient (Wildman–Crippen LogP) is -0.0960. The fraction of sp³-hybridized carbons (Fsp3) is 0.818. The van der Waals surface area contributed by atoms with E-state index in [9.17, 15) is 9.59 Å². The molecular formula is C11H18N2O3. The Morgan fingerprint density at radius 2 is 2.31 bits per heavy atom. The molecule has 1 amide bonds. The zero-order valence-electron chi connectivity index (χ0n) is 9.62. The van der Waals surface area contributed by atoms with Crippen molar-refractivity contribution in [2.75, 3.05) is 26.7 Å². The van der Waals surface area contributed by atoms with Crippen molar-refractivity contribution in [3.63, 3.8) is 0 Å². The summed E-state index contributed by atoms with van der Waals surface area (Å²) in [6.07, 6.45) is 3.92. The van der Waals surface area contributed by atoms with Crippen LogP contribution in [0.2, 0.25) is 0 Å². The number of likely N-dealkylation sites (tertiary alicyclic amines) is 1. The Kier molecular flexibility index (Phi) is 3.14. The number of carbonyl (C=O) groups is 2. The highest BCUT2D eigenvalue weighted by molar-refractivity contribution is 5.91. The third-order valence-electron chi connectivity index (χ3n) is 3.55. The molecule has 5 nitrogen and oxygen atoms in total. The minimum Gasteiger partial charge on any atom is -0.468 e. The Hall–Kier alpha value is -1.10. The van der Waals surface area contributed by atoms with E-state index in [4.69, 9.17) is 0 Å². The molecule has 0 aromatic carbocycles. The molecule has 2 aliphatic rings. The van der Waals surface area contributed by atoms with Gasteiger partial charge in [0.15, 0.2) is 0 Å². The molecule has 16 heavy (non-hydrogen) atoms. The molecule has 2 aliphatic heterocycles. The van der Waals surface area contributed by atoms with Crippen molar-refractivity contribution in [2.45, 2.75) is 31.2 Å². The molecule has 2 saturated heterocycles. The molecule has 0 bridgehead atoms. The number of carbonyl (C=O) groups excluding carboxylic acids is 2. The van der Waals surface area contributed by atoms with Crippen LogP contribution in [0.15, 0.2) is 0 Å². The van der Waals surface area contributed by atoms with Crippen LogP contribution in [0.25, 0.3) is 0 Å². The number of hydrogen-bond acceptors (Lipinski definition) is 4. The van der Waals surface area contributed by atoms with E-state index in [0.717, 1.165) is 32.2 Å². The summed E-state index contributed by atoms with van der Waals surface area (Å²) in [5.41, 5.74) is -0.383. The summed E-state index contributed by atoms with van der Waals surface area (Å²) in [6.45, 7) is 1.64. The highest BCUT2D eigenvalue weighted by Crippen LogP contribution is 2.30. The second-order valence-electron chi connectivity index (χ2n) is 4.52. The highest BCUT2D eigenvalue weighted by Gasteiger charge is 2.47. The minimum absolute atomic E-state index is 0.0672. The molecule has 2 heterocycles. The third-order valence-corrected chi connectivity index (χ3v) is 3.55. The van der Waals surface area contributed by atoms with Crippen LogP contribution in [-0.2, 0) is 14.3 Å². The van der Waals surface area contributed by atoms with Gasteiger partial charge in [-0.1, -0.05) is 0 Å². The summed E-state index contributed by atoms with van der Waals surface area (Å²) in [5.74, 6) is -0.279. The smallest absolute Gasteiger partial charge is 0.325 e. The van der Waals surface area contributed by atoms with E-state index in [1.807, 2.05) is 0 Å². The Morgan fingerprint density at radius 1 is 1.50 bits per heavy atom. The van der Waals surface area contributed by atoms with Gasteiger partial charge in [-0.2, -0.15) is 0 Å². The maximum Gasteiger partial charge on any atom is 0.325 e. The van der Waals surface area contributed by atoms with E-state index in [1.165, 1.54) is 7.11 Å². The Morgan fingerprint density at radius 3 is 2.94 bits per heavy atom. The molecule has 90 valence electrons. The number of nitrogens with one attached hydrogen (secondary N) is 1. The minimum atomic E-state index is -0.383. The Bertz CT molecular complexity index is 298. The highest BCUT2D eigenvalue weighted by atomic mass is 16.5. The van der Waals surface area contributed by atoms with Crippen molar-refractivity contribution in [1.82, 2.24) is 10.2 Å². The third kappa shape index (κ3) is 1.91. The normalized spacial score (nSPS) is 29.8. The summed E-state index contributed by atoms with van der Waals surface area (Å²) >= 11 is 0. The maximum atomic E-state index is 12.2. The number of amides is 1. The lowest BCUT2D eigenvalue weighted by atomic mass is 9.87. The average Bonchev–Trinajstić information content (AvgIpc) is 2.60. The average molecular weight is 226 g/mol. The lowest BCUT2D eigenvalue weighted by Crippen LogP contribution is -2.54. The predicted molar refractivity (Wildman–Crippen MR) is 57.8 cm³/mol. The summed E-state index contributed by atoms with van der Waals surface area (Å²) in [5, 5.41) is 3.32. The molecule has 1 atom stereocenters. The lowest BCUT2D eigenvalue weighted by molar-refractivity contribution is -0.147. The van der Waals surface area contributed by atoms with Gasteiger partial charge in [-0.3, -0.25) is 9.59 Å². The lowest BCUT2D eigenvalue weighted by Gasteiger charge is -2.32. The first-order valence-corrected chi connectivity index (χ1v) is 5.79. The van der Waals surface area contributed by atoms with Gasteiger partial charge >= 0.3 is 5.97 Å².